The van der Waals surface area contributed by atoms with Gasteiger partial charge in [-0.05, 0) is 43.4 Å². The van der Waals surface area contributed by atoms with Crippen molar-refractivity contribution in [3.8, 4) is 0 Å². The number of para-hydroxylation sites is 2. The molecule has 1 aliphatic carbocycles. The van der Waals surface area contributed by atoms with E-state index >= 15 is 0 Å². The number of anilines is 2. The van der Waals surface area contributed by atoms with Gasteiger partial charge in [0.05, 0.1) is 11.4 Å². The molecule has 0 radical (unpaired) electrons. The monoisotopic (exact) mass is 559 g/mol. The predicted octanol–water partition coefficient (Wildman–Crippen LogP) is 6.68. The Balaban J connectivity index is 1.14. The van der Waals surface area contributed by atoms with E-state index in [2.05, 4.69) is 46.7 Å². The van der Waals surface area contributed by atoms with E-state index in [1.165, 1.54) is 0 Å². The zero-order valence-corrected chi connectivity index (χ0v) is 24.1. The highest BCUT2D eigenvalue weighted by molar-refractivity contribution is 6.01. The first-order valence-corrected chi connectivity index (χ1v) is 14.7. The normalized spacial score (nSPS) is 17.6. The van der Waals surface area contributed by atoms with Crippen LogP contribution in [0.25, 0.3) is 21.8 Å². The van der Waals surface area contributed by atoms with Crippen molar-refractivity contribution in [2.24, 2.45) is 0 Å². The number of hydrogen-bond donors (Lipinski definition) is 3. The summed E-state index contributed by atoms with van der Waals surface area (Å²) in [5, 5.41) is 9.07. The van der Waals surface area contributed by atoms with Gasteiger partial charge >= 0.3 is 0 Å². The molecule has 7 nitrogen and oxygen atoms in total. The fourth-order valence-electron chi connectivity index (χ4n) is 6.15. The Hall–Kier alpha value is -4.65. The number of H-pyrrole nitrogens is 1. The maximum absolute atomic E-state index is 13.8. The molecule has 1 fully saturated rings. The fraction of sp³-hybridized carbons (Fsp3) is 0.286. The predicted molar refractivity (Wildman–Crippen MR) is 170 cm³/mol. The summed E-state index contributed by atoms with van der Waals surface area (Å²) in [4.78, 5) is 37.3. The van der Waals surface area contributed by atoms with E-state index in [0.29, 0.717) is 5.56 Å². The van der Waals surface area contributed by atoms with Crippen LogP contribution in [-0.2, 0) is 4.79 Å². The highest BCUT2D eigenvalue weighted by atomic mass is 16.2. The lowest BCUT2D eigenvalue weighted by molar-refractivity contribution is -0.123. The smallest absolute Gasteiger partial charge is 0.228 e. The maximum Gasteiger partial charge on any atom is 0.228 e. The van der Waals surface area contributed by atoms with Gasteiger partial charge in [-0.15, -0.1) is 0 Å². The Morgan fingerprint density at radius 1 is 0.881 bits per heavy atom. The summed E-state index contributed by atoms with van der Waals surface area (Å²) >= 11 is 0. The van der Waals surface area contributed by atoms with Crippen LogP contribution in [0.4, 0.5) is 11.5 Å². The molecule has 1 atom stereocenters. The number of nitrogens with one attached hydrogen (secondary N) is 3. The number of hydrogen-bond acceptors (Lipinski definition) is 5. The maximum atomic E-state index is 13.8. The lowest BCUT2D eigenvalue weighted by atomic mass is 9.88. The first kappa shape index (κ1) is 27.5. The van der Waals surface area contributed by atoms with Gasteiger partial charge in [-0.3, -0.25) is 9.59 Å². The van der Waals surface area contributed by atoms with Crippen molar-refractivity contribution >= 4 is 45.0 Å². The topological polar surface area (TPSA) is 90.1 Å². The van der Waals surface area contributed by atoms with Crippen LogP contribution in [-0.4, -0.2) is 47.8 Å². The molecule has 2 aromatic heterocycles. The van der Waals surface area contributed by atoms with Crippen LogP contribution in [0, 0.1) is 0 Å². The lowest BCUT2D eigenvalue weighted by Gasteiger charge is -2.31. The summed E-state index contributed by atoms with van der Waals surface area (Å²) in [7, 11) is 4.10. The number of ketones is 1. The van der Waals surface area contributed by atoms with Crippen molar-refractivity contribution in [3.05, 3.63) is 102 Å². The van der Waals surface area contributed by atoms with Crippen molar-refractivity contribution < 1.29 is 9.59 Å². The van der Waals surface area contributed by atoms with E-state index in [0.717, 1.165) is 64.6 Å². The number of pyridine rings is 1. The van der Waals surface area contributed by atoms with Gasteiger partial charge in [-0.1, -0.05) is 66.7 Å². The molecule has 0 spiro atoms. The van der Waals surface area contributed by atoms with Gasteiger partial charge in [0.15, 0.2) is 5.78 Å². The first-order valence-electron chi connectivity index (χ1n) is 14.7. The Kier molecular flexibility index (Phi) is 7.91. The number of Topliss-reactive ketones (excluding diaryl/α,β-unsaturated/α-hetero) is 1. The van der Waals surface area contributed by atoms with Crippen LogP contribution < -0.4 is 15.5 Å². The average Bonchev–Trinajstić information content (AvgIpc) is 3.44. The molecule has 1 unspecified atom stereocenters. The number of benzene rings is 3. The van der Waals surface area contributed by atoms with Gasteiger partial charge in [0.2, 0.25) is 5.91 Å². The van der Waals surface area contributed by atoms with Crippen LogP contribution >= 0.6 is 0 Å². The minimum Gasteiger partial charge on any atom is -0.377 e. The van der Waals surface area contributed by atoms with Crippen molar-refractivity contribution in [1.82, 2.24) is 15.3 Å². The minimum atomic E-state index is -0.573. The second-order valence-corrected chi connectivity index (χ2v) is 11.5. The molecule has 42 heavy (non-hydrogen) atoms. The summed E-state index contributed by atoms with van der Waals surface area (Å²) in [5.74, 6) is 0.181. The summed E-state index contributed by atoms with van der Waals surface area (Å²) in [6, 6.07) is 27.8. The molecule has 1 aliphatic rings. The summed E-state index contributed by atoms with van der Waals surface area (Å²) in [5.41, 5.74) is 4.56. The molecular formula is C35H37N5O2. The molecule has 3 N–H and O–H groups in total. The molecule has 0 saturated heterocycles. The number of fused-ring (bicyclic) bond motifs is 2. The molecule has 0 aliphatic heterocycles. The highest BCUT2D eigenvalue weighted by Crippen LogP contribution is 2.32. The van der Waals surface area contributed by atoms with Crippen LogP contribution in [0.15, 0.2) is 91.1 Å². The van der Waals surface area contributed by atoms with Crippen molar-refractivity contribution in [3.63, 3.8) is 0 Å². The summed E-state index contributed by atoms with van der Waals surface area (Å²) in [6.07, 6.45) is 5.59. The molecule has 1 amide bonds. The molecule has 7 heteroatoms. The number of carbonyl (C=O) groups is 2. The number of aromatic nitrogens is 2. The zero-order valence-electron chi connectivity index (χ0n) is 24.1. The molecule has 5 aromatic rings. The van der Waals surface area contributed by atoms with Crippen LogP contribution in [0.3, 0.4) is 0 Å². The molecule has 6 rings (SSSR count). The highest BCUT2D eigenvalue weighted by Gasteiger charge is 2.30. The first-order chi connectivity index (χ1) is 20.5. The summed E-state index contributed by atoms with van der Waals surface area (Å²) in [6.45, 7) is 0. The third-order valence-corrected chi connectivity index (χ3v) is 8.40. The van der Waals surface area contributed by atoms with E-state index in [-0.39, 0.29) is 30.2 Å². The number of amides is 1. The van der Waals surface area contributed by atoms with E-state index in [4.69, 9.17) is 4.98 Å². The van der Waals surface area contributed by atoms with Crippen LogP contribution in [0.1, 0.15) is 53.9 Å². The standard InChI is InChI=1S/C35H37N5O2/c1-40(2)32-21-34(39-31-15-9-7-13-27(31)32)37-24-16-18-25(19-17-24)38-35(42)28(20-33(41)23-10-4-3-5-11-23)29-22-36-30-14-8-6-12-26(29)30/h3-15,21-22,24-25,28,36H,16-20H2,1-2H3,(H,37,39)(H,38,42)/t24-,25+,28?. The molecule has 1 saturated carbocycles. The van der Waals surface area contributed by atoms with Crippen molar-refractivity contribution in [2.75, 3.05) is 24.3 Å². The van der Waals surface area contributed by atoms with E-state index in [1.54, 1.807) is 0 Å². The molecule has 3 aromatic carbocycles. The molecule has 2 heterocycles. The van der Waals surface area contributed by atoms with Gasteiger partial charge < -0.3 is 20.5 Å². The van der Waals surface area contributed by atoms with Gasteiger partial charge in [0.25, 0.3) is 0 Å². The number of carbonyl (C=O) groups excluding carboxylic acids is 2. The Morgan fingerprint density at radius 3 is 2.31 bits per heavy atom. The van der Waals surface area contributed by atoms with E-state index in [1.807, 2.05) is 79.0 Å². The van der Waals surface area contributed by atoms with Crippen molar-refractivity contribution in [2.45, 2.75) is 50.1 Å². The third kappa shape index (κ3) is 5.86. The Morgan fingerprint density at radius 2 is 1.55 bits per heavy atom. The Labute approximate surface area is 246 Å². The molecule has 0 bridgehead atoms. The fourth-order valence-corrected chi connectivity index (χ4v) is 6.15. The van der Waals surface area contributed by atoms with Crippen molar-refractivity contribution in [1.29, 1.82) is 0 Å². The number of nitrogens with zero attached hydrogens (tertiary/aromatic N) is 2. The quantitative estimate of drug-likeness (QED) is 0.175. The van der Waals surface area contributed by atoms with E-state index in [9.17, 15) is 9.59 Å². The number of aromatic amines is 1. The van der Waals surface area contributed by atoms with Crippen LogP contribution in [0.5, 0.6) is 0 Å². The largest absolute Gasteiger partial charge is 0.377 e. The van der Waals surface area contributed by atoms with Crippen LogP contribution in [0.2, 0.25) is 0 Å². The second kappa shape index (κ2) is 12.1. The van der Waals surface area contributed by atoms with Gasteiger partial charge in [-0.25, -0.2) is 4.98 Å². The summed E-state index contributed by atoms with van der Waals surface area (Å²) < 4.78 is 0. The second-order valence-electron chi connectivity index (χ2n) is 11.5. The minimum absolute atomic E-state index is 0.0334. The van der Waals surface area contributed by atoms with Gasteiger partial charge in [0.1, 0.15) is 5.82 Å². The zero-order chi connectivity index (χ0) is 29.1. The molecule has 214 valence electrons. The Bertz CT molecular complexity index is 1700. The lowest BCUT2D eigenvalue weighted by Crippen LogP contribution is -2.42. The average molecular weight is 560 g/mol. The number of rotatable bonds is 9. The molecular weight excluding hydrogens is 522 g/mol. The third-order valence-electron chi connectivity index (χ3n) is 8.40. The van der Waals surface area contributed by atoms with E-state index < -0.39 is 5.92 Å². The van der Waals surface area contributed by atoms with Gasteiger partial charge in [0, 0.05) is 72.4 Å². The SMILES string of the molecule is CN(C)c1cc(N[C@H]2CC[C@@H](NC(=O)C(CC(=O)c3ccccc3)c3c[nH]c4ccccc34)CC2)nc2ccccc12. The van der Waals surface area contributed by atoms with Gasteiger partial charge in [-0.2, -0.15) is 0 Å².